The van der Waals surface area contributed by atoms with Gasteiger partial charge in [-0.2, -0.15) is 0 Å². The van der Waals surface area contributed by atoms with Crippen molar-refractivity contribution in [2.75, 3.05) is 26.2 Å². The Kier molecular flexibility index (Phi) is 5.11. The highest BCUT2D eigenvalue weighted by atomic mass is 19.1. The average Bonchev–Trinajstić information content (AvgIpc) is 2.86. The van der Waals surface area contributed by atoms with Gasteiger partial charge >= 0.3 is 0 Å². The summed E-state index contributed by atoms with van der Waals surface area (Å²) in [5, 5.41) is 3.78. The number of amides is 2. The summed E-state index contributed by atoms with van der Waals surface area (Å²) in [6.45, 7) is 3.67. The number of benzene rings is 1. The van der Waals surface area contributed by atoms with Crippen LogP contribution in [-0.4, -0.2) is 52.9 Å². The van der Waals surface area contributed by atoms with E-state index in [9.17, 15) is 14.0 Å². The topological polar surface area (TPSA) is 66.7 Å². The van der Waals surface area contributed by atoms with Crippen LogP contribution in [0.15, 0.2) is 34.9 Å². The van der Waals surface area contributed by atoms with Crippen LogP contribution in [-0.2, 0) is 11.2 Å². The van der Waals surface area contributed by atoms with Gasteiger partial charge in [0.15, 0.2) is 0 Å². The number of aryl methyl sites for hydroxylation is 1. The summed E-state index contributed by atoms with van der Waals surface area (Å²) in [6.07, 6.45) is 0.809. The number of halogens is 1. The second-order valence-electron chi connectivity index (χ2n) is 6.12. The van der Waals surface area contributed by atoms with Crippen molar-refractivity contribution >= 4 is 11.8 Å². The molecule has 0 unspecified atom stereocenters. The first-order chi connectivity index (χ1) is 12.0. The van der Waals surface area contributed by atoms with Gasteiger partial charge in [-0.25, -0.2) is 4.39 Å². The largest absolute Gasteiger partial charge is 0.361 e. The van der Waals surface area contributed by atoms with E-state index in [2.05, 4.69) is 5.16 Å². The lowest BCUT2D eigenvalue weighted by Crippen LogP contribution is -2.38. The molecule has 1 aromatic heterocycles. The summed E-state index contributed by atoms with van der Waals surface area (Å²) in [6, 6.07) is 7.70. The molecule has 1 fully saturated rings. The van der Waals surface area contributed by atoms with Gasteiger partial charge in [0.1, 0.15) is 11.6 Å². The Labute approximate surface area is 145 Å². The van der Waals surface area contributed by atoms with Crippen LogP contribution in [0.25, 0.3) is 0 Å². The SMILES string of the molecule is Cc1cc(CC(=O)N2CCCN(C(=O)c3ccccc3F)CC2)on1. The number of carbonyl (C=O) groups excluding carboxylic acids is 2. The molecule has 0 saturated carbocycles. The molecule has 2 amide bonds. The standard InChI is InChI=1S/C18H20FN3O3/c1-13-11-14(25-20-13)12-17(23)21-7-4-8-22(10-9-21)18(24)15-5-2-3-6-16(15)19/h2-3,5-6,11H,4,7-10,12H2,1H3. The molecule has 0 spiro atoms. The normalized spacial score (nSPS) is 15.1. The minimum Gasteiger partial charge on any atom is -0.361 e. The Hall–Kier alpha value is -2.70. The summed E-state index contributed by atoms with van der Waals surface area (Å²) in [7, 11) is 0. The minimum atomic E-state index is -0.523. The lowest BCUT2D eigenvalue weighted by atomic mass is 10.2. The Balaban J connectivity index is 1.61. The molecule has 0 atom stereocenters. The lowest BCUT2D eigenvalue weighted by molar-refractivity contribution is -0.130. The first-order valence-corrected chi connectivity index (χ1v) is 8.28. The quantitative estimate of drug-likeness (QED) is 0.854. The molecule has 0 N–H and O–H groups in total. The summed E-state index contributed by atoms with van der Waals surface area (Å²) in [5.74, 6) is -0.383. The highest BCUT2D eigenvalue weighted by Crippen LogP contribution is 2.13. The van der Waals surface area contributed by atoms with Gasteiger partial charge in [0, 0.05) is 32.2 Å². The van der Waals surface area contributed by atoms with E-state index in [1.54, 1.807) is 34.9 Å². The van der Waals surface area contributed by atoms with Crippen LogP contribution in [0.2, 0.25) is 0 Å². The fourth-order valence-corrected chi connectivity index (χ4v) is 2.94. The Bertz CT molecular complexity index is 774. The van der Waals surface area contributed by atoms with Crippen LogP contribution in [0.3, 0.4) is 0 Å². The molecular formula is C18H20FN3O3. The third-order valence-corrected chi connectivity index (χ3v) is 4.24. The van der Waals surface area contributed by atoms with Crippen molar-refractivity contribution in [3.8, 4) is 0 Å². The number of aromatic nitrogens is 1. The van der Waals surface area contributed by atoms with Crippen LogP contribution >= 0.6 is 0 Å². The molecule has 3 rings (SSSR count). The Morgan fingerprint density at radius 2 is 1.88 bits per heavy atom. The van der Waals surface area contributed by atoms with Gasteiger partial charge in [0.05, 0.1) is 17.7 Å². The summed E-state index contributed by atoms with van der Waals surface area (Å²) < 4.78 is 18.9. The number of hydrogen-bond acceptors (Lipinski definition) is 4. The third-order valence-electron chi connectivity index (χ3n) is 4.24. The fraction of sp³-hybridized carbons (Fsp3) is 0.389. The zero-order valence-electron chi connectivity index (χ0n) is 14.1. The van der Waals surface area contributed by atoms with Gasteiger partial charge < -0.3 is 14.3 Å². The predicted octanol–water partition coefficient (Wildman–Crippen LogP) is 2.04. The van der Waals surface area contributed by atoms with Crippen LogP contribution in [0, 0.1) is 12.7 Å². The van der Waals surface area contributed by atoms with Crippen molar-refractivity contribution in [2.45, 2.75) is 19.8 Å². The smallest absolute Gasteiger partial charge is 0.256 e. The molecule has 0 aliphatic carbocycles. The molecule has 7 heteroatoms. The van der Waals surface area contributed by atoms with Crippen molar-refractivity contribution < 1.29 is 18.5 Å². The highest BCUT2D eigenvalue weighted by Gasteiger charge is 2.24. The second-order valence-corrected chi connectivity index (χ2v) is 6.12. The zero-order valence-corrected chi connectivity index (χ0v) is 14.1. The van der Waals surface area contributed by atoms with Gasteiger partial charge in [-0.1, -0.05) is 17.3 Å². The van der Waals surface area contributed by atoms with E-state index in [1.165, 1.54) is 12.1 Å². The maximum absolute atomic E-state index is 13.8. The highest BCUT2D eigenvalue weighted by molar-refractivity contribution is 5.94. The minimum absolute atomic E-state index is 0.0589. The van der Waals surface area contributed by atoms with E-state index in [-0.39, 0.29) is 23.8 Å². The second kappa shape index (κ2) is 7.46. The van der Waals surface area contributed by atoms with Gasteiger partial charge in [0.2, 0.25) is 5.91 Å². The molecule has 1 aliphatic heterocycles. The van der Waals surface area contributed by atoms with E-state index in [4.69, 9.17) is 4.52 Å². The van der Waals surface area contributed by atoms with Gasteiger partial charge in [0.25, 0.3) is 5.91 Å². The molecule has 132 valence electrons. The molecular weight excluding hydrogens is 325 g/mol. The van der Waals surface area contributed by atoms with Crippen molar-refractivity contribution in [3.63, 3.8) is 0 Å². The lowest BCUT2D eigenvalue weighted by Gasteiger charge is -2.22. The maximum atomic E-state index is 13.8. The molecule has 2 heterocycles. The molecule has 1 aliphatic rings. The van der Waals surface area contributed by atoms with Crippen molar-refractivity contribution in [3.05, 3.63) is 53.2 Å². The molecule has 25 heavy (non-hydrogen) atoms. The fourth-order valence-electron chi connectivity index (χ4n) is 2.94. The van der Waals surface area contributed by atoms with Crippen molar-refractivity contribution in [1.29, 1.82) is 0 Å². The number of carbonyl (C=O) groups is 2. The monoisotopic (exact) mass is 345 g/mol. The van der Waals surface area contributed by atoms with Crippen LogP contribution in [0.4, 0.5) is 4.39 Å². The number of nitrogens with zero attached hydrogens (tertiary/aromatic N) is 3. The average molecular weight is 345 g/mol. The first-order valence-electron chi connectivity index (χ1n) is 8.28. The molecule has 1 aromatic carbocycles. The van der Waals surface area contributed by atoms with E-state index in [1.807, 2.05) is 0 Å². The Morgan fingerprint density at radius 3 is 2.60 bits per heavy atom. The molecule has 1 saturated heterocycles. The summed E-state index contributed by atoms with van der Waals surface area (Å²) in [4.78, 5) is 28.2. The van der Waals surface area contributed by atoms with Crippen LogP contribution in [0.1, 0.15) is 28.2 Å². The first kappa shape index (κ1) is 17.1. The van der Waals surface area contributed by atoms with Gasteiger partial charge in [-0.05, 0) is 25.5 Å². The molecule has 0 radical (unpaired) electrons. The summed E-state index contributed by atoms with van der Waals surface area (Å²) in [5.41, 5.74) is 0.805. The Morgan fingerprint density at radius 1 is 1.16 bits per heavy atom. The van der Waals surface area contributed by atoms with E-state index in [0.29, 0.717) is 38.4 Å². The van der Waals surface area contributed by atoms with E-state index >= 15 is 0 Å². The van der Waals surface area contributed by atoms with Crippen molar-refractivity contribution in [1.82, 2.24) is 15.0 Å². The third kappa shape index (κ3) is 4.04. The summed E-state index contributed by atoms with van der Waals surface area (Å²) >= 11 is 0. The van der Waals surface area contributed by atoms with Gasteiger partial charge in [-0.3, -0.25) is 9.59 Å². The van der Waals surface area contributed by atoms with Crippen LogP contribution in [0.5, 0.6) is 0 Å². The number of rotatable bonds is 3. The van der Waals surface area contributed by atoms with E-state index in [0.717, 1.165) is 5.69 Å². The molecule has 2 aromatic rings. The zero-order chi connectivity index (χ0) is 17.8. The van der Waals surface area contributed by atoms with Crippen LogP contribution < -0.4 is 0 Å². The van der Waals surface area contributed by atoms with Gasteiger partial charge in [-0.15, -0.1) is 0 Å². The number of hydrogen-bond donors (Lipinski definition) is 0. The predicted molar refractivity (Wildman–Crippen MR) is 88.4 cm³/mol. The molecule has 6 nitrogen and oxygen atoms in total. The van der Waals surface area contributed by atoms with E-state index < -0.39 is 5.82 Å². The van der Waals surface area contributed by atoms with Crippen molar-refractivity contribution in [2.24, 2.45) is 0 Å². The molecule has 0 bridgehead atoms. The maximum Gasteiger partial charge on any atom is 0.256 e.